The minimum absolute atomic E-state index is 0.00130. The Balaban J connectivity index is 2.63. The normalized spacial score (nSPS) is 11.8. The number of benzene rings is 1. The quantitative estimate of drug-likeness (QED) is 0.615. The molecule has 0 unspecified atom stereocenters. The number of nitro groups is 1. The molecule has 6 nitrogen and oxygen atoms in total. The maximum Gasteiger partial charge on any atom is 0.311 e. The van der Waals surface area contributed by atoms with Crippen LogP contribution in [0.1, 0.15) is 26.7 Å². The third-order valence-electron chi connectivity index (χ3n) is 2.61. The summed E-state index contributed by atoms with van der Waals surface area (Å²) in [5, 5.41) is 13.4. The molecule has 7 heteroatoms. The van der Waals surface area contributed by atoms with Crippen LogP contribution in [-0.2, 0) is 4.79 Å². The molecule has 1 aromatic rings. The molecule has 1 atom stereocenters. The first kappa shape index (κ1) is 15.9. The zero-order valence-electron chi connectivity index (χ0n) is 11.4. The van der Waals surface area contributed by atoms with E-state index >= 15 is 0 Å². The Hall–Kier alpha value is -2.18. The summed E-state index contributed by atoms with van der Waals surface area (Å²) in [7, 11) is 0. The van der Waals surface area contributed by atoms with Gasteiger partial charge in [0.15, 0.2) is 6.61 Å². The van der Waals surface area contributed by atoms with Gasteiger partial charge in [-0.15, -0.1) is 0 Å². The molecule has 0 spiro atoms. The zero-order chi connectivity index (χ0) is 15.1. The summed E-state index contributed by atoms with van der Waals surface area (Å²) >= 11 is 0. The fourth-order valence-corrected chi connectivity index (χ4v) is 1.72. The maximum absolute atomic E-state index is 13.0. The van der Waals surface area contributed by atoms with Gasteiger partial charge in [0, 0.05) is 18.2 Å². The summed E-state index contributed by atoms with van der Waals surface area (Å²) < 4.78 is 18.1. The number of nitrogens with zero attached hydrogens (tertiary/aromatic N) is 1. The van der Waals surface area contributed by atoms with Crippen LogP contribution in [0, 0.1) is 15.9 Å². The van der Waals surface area contributed by atoms with Crippen molar-refractivity contribution >= 4 is 11.6 Å². The van der Waals surface area contributed by atoms with Gasteiger partial charge in [-0.05, 0) is 19.4 Å². The summed E-state index contributed by atoms with van der Waals surface area (Å²) in [6.45, 7) is 3.46. The highest BCUT2D eigenvalue weighted by Crippen LogP contribution is 2.27. The molecule has 0 aliphatic heterocycles. The third kappa shape index (κ3) is 4.83. The fourth-order valence-electron chi connectivity index (χ4n) is 1.72. The molecule has 0 saturated carbocycles. The van der Waals surface area contributed by atoms with Crippen LogP contribution in [0.2, 0.25) is 0 Å². The number of nitrogens with one attached hydrogen (secondary N) is 1. The highest BCUT2D eigenvalue weighted by atomic mass is 19.1. The van der Waals surface area contributed by atoms with E-state index in [2.05, 4.69) is 5.32 Å². The van der Waals surface area contributed by atoms with Crippen LogP contribution >= 0.6 is 0 Å². The molecule has 1 rings (SSSR count). The molecule has 0 heterocycles. The van der Waals surface area contributed by atoms with Crippen molar-refractivity contribution in [3.8, 4) is 5.75 Å². The van der Waals surface area contributed by atoms with Crippen LogP contribution in [0.3, 0.4) is 0 Å². The molecule has 0 saturated heterocycles. The topological polar surface area (TPSA) is 81.5 Å². The number of carbonyl (C=O) groups is 1. The summed E-state index contributed by atoms with van der Waals surface area (Å²) in [6.07, 6.45) is 1.75. The average Bonchev–Trinajstić information content (AvgIpc) is 2.36. The van der Waals surface area contributed by atoms with Gasteiger partial charge in [-0.3, -0.25) is 14.9 Å². The molecular weight excluding hydrogens is 267 g/mol. The molecule has 1 aromatic carbocycles. The number of nitro benzene ring substituents is 1. The lowest BCUT2D eigenvalue weighted by molar-refractivity contribution is -0.385. The van der Waals surface area contributed by atoms with Crippen molar-refractivity contribution in [2.75, 3.05) is 6.61 Å². The summed E-state index contributed by atoms with van der Waals surface area (Å²) in [6, 6.07) is 2.86. The van der Waals surface area contributed by atoms with Gasteiger partial charge in [0.1, 0.15) is 5.82 Å². The Bertz CT molecular complexity index is 493. The van der Waals surface area contributed by atoms with E-state index in [4.69, 9.17) is 4.74 Å². The fraction of sp³-hybridized carbons (Fsp3) is 0.462. The van der Waals surface area contributed by atoms with Gasteiger partial charge in [0.25, 0.3) is 5.91 Å². The second-order valence-corrected chi connectivity index (χ2v) is 4.42. The molecule has 110 valence electrons. The van der Waals surface area contributed by atoms with Gasteiger partial charge in [0.05, 0.1) is 4.92 Å². The monoisotopic (exact) mass is 284 g/mol. The molecular formula is C13H17FN2O4. The number of hydrogen-bond acceptors (Lipinski definition) is 4. The van der Waals surface area contributed by atoms with Crippen molar-refractivity contribution in [2.24, 2.45) is 0 Å². The second-order valence-electron chi connectivity index (χ2n) is 4.42. The van der Waals surface area contributed by atoms with Crippen LogP contribution in [0.4, 0.5) is 10.1 Å². The molecule has 0 aliphatic rings. The van der Waals surface area contributed by atoms with E-state index in [-0.39, 0.29) is 17.5 Å². The van der Waals surface area contributed by atoms with Crippen molar-refractivity contribution in [1.29, 1.82) is 0 Å². The van der Waals surface area contributed by atoms with E-state index < -0.39 is 23.3 Å². The van der Waals surface area contributed by atoms with Crippen LogP contribution in [-0.4, -0.2) is 23.5 Å². The number of halogens is 1. The van der Waals surface area contributed by atoms with Crippen molar-refractivity contribution < 1.29 is 18.8 Å². The van der Waals surface area contributed by atoms with Crippen LogP contribution in [0.5, 0.6) is 5.75 Å². The van der Waals surface area contributed by atoms with Crippen molar-refractivity contribution in [3.63, 3.8) is 0 Å². The predicted octanol–water partition coefficient (Wildman–Crippen LogP) is 2.42. The lowest BCUT2D eigenvalue weighted by Gasteiger charge is -2.13. The predicted molar refractivity (Wildman–Crippen MR) is 71.1 cm³/mol. The van der Waals surface area contributed by atoms with Gasteiger partial charge < -0.3 is 10.1 Å². The first-order valence-corrected chi connectivity index (χ1v) is 6.30. The Kier molecular flexibility index (Phi) is 5.89. The number of carbonyl (C=O) groups excluding carboxylic acids is 1. The first-order chi connectivity index (χ1) is 9.43. The molecule has 1 N–H and O–H groups in total. The standard InChI is InChI=1S/C13H17FN2O4/c1-3-4-9(2)15-13(17)8-20-12-7-10(14)5-6-11(12)16(18)19/h5-7,9H,3-4,8H2,1-2H3,(H,15,17)/t9-/m0/s1. The van der Waals surface area contributed by atoms with E-state index in [1.807, 2.05) is 13.8 Å². The Labute approximate surface area is 116 Å². The van der Waals surface area contributed by atoms with Gasteiger partial charge in [0.2, 0.25) is 5.75 Å². The Morgan fingerprint density at radius 1 is 1.55 bits per heavy atom. The average molecular weight is 284 g/mol. The highest BCUT2D eigenvalue weighted by molar-refractivity contribution is 5.77. The van der Waals surface area contributed by atoms with E-state index in [0.717, 1.165) is 31.0 Å². The van der Waals surface area contributed by atoms with Gasteiger partial charge in [-0.25, -0.2) is 4.39 Å². The Morgan fingerprint density at radius 3 is 2.85 bits per heavy atom. The maximum atomic E-state index is 13.0. The van der Waals surface area contributed by atoms with Crippen molar-refractivity contribution in [3.05, 3.63) is 34.1 Å². The lowest BCUT2D eigenvalue weighted by Crippen LogP contribution is -2.36. The van der Waals surface area contributed by atoms with Gasteiger partial charge in [-0.1, -0.05) is 13.3 Å². The molecule has 0 bridgehead atoms. The zero-order valence-corrected chi connectivity index (χ0v) is 11.4. The summed E-state index contributed by atoms with van der Waals surface area (Å²) in [5.74, 6) is -1.32. The Morgan fingerprint density at radius 2 is 2.25 bits per heavy atom. The highest BCUT2D eigenvalue weighted by Gasteiger charge is 2.17. The summed E-state index contributed by atoms with van der Waals surface area (Å²) in [4.78, 5) is 21.6. The molecule has 0 aliphatic carbocycles. The van der Waals surface area contributed by atoms with E-state index in [0.29, 0.717) is 0 Å². The SMILES string of the molecule is CCC[C@H](C)NC(=O)COc1cc(F)ccc1[N+](=O)[O-]. The second kappa shape index (κ2) is 7.42. The minimum Gasteiger partial charge on any atom is -0.477 e. The van der Waals surface area contributed by atoms with Gasteiger partial charge >= 0.3 is 5.69 Å². The molecule has 1 amide bonds. The number of hydrogen-bond donors (Lipinski definition) is 1. The third-order valence-corrected chi connectivity index (χ3v) is 2.61. The molecule has 20 heavy (non-hydrogen) atoms. The smallest absolute Gasteiger partial charge is 0.311 e. The van der Waals surface area contributed by atoms with Crippen molar-refractivity contribution in [1.82, 2.24) is 5.32 Å². The molecule has 0 aromatic heterocycles. The van der Waals surface area contributed by atoms with Crippen molar-refractivity contribution in [2.45, 2.75) is 32.7 Å². The summed E-state index contributed by atoms with van der Waals surface area (Å²) in [5.41, 5.74) is -0.374. The van der Waals surface area contributed by atoms with E-state index in [1.54, 1.807) is 0 Å². The first-order valence-electron chi connectivity index (χ1n) is 6.30. The minimum atomic E-state index is -0.688. The van der Waals surface area contributed by atoms with Crippen LogP contribution in [0.25, 0.3) is 0 Å². The number of rotatable bonds is 7. The lowest BCUT2D eigenvalue weighted by atomic mass is 10.2. The molecule has 0 fully saturated rings. The van der Waals surface area contributed by atoms with E-state index in [9.17, 15) is 19.3 Å². The number of amides is 1. The van der Waals surface area contributed by atoms with Crippen LogP contribution < -0.4 is 10.1 Å². The number of ether oxygens (including phenoxy) is 1. The molecule has 0 radical (unpaired) electrons. The van der Waals surface area contributed by atoms with E-state index in [1.165, 1.54) is 0 Å². The largest absolute Gasteiger partial charge is 0.477 e. The van der Waals surface area contributed by atoms with Crippen LogP contribution in [0.15, 0.2) is 18.2 Å². The van der Waals surface area contributed by atoms with Gasteiger partial charge in [-0.2, -0.15) is 0 Å².